The molecule has 9 heteroatoms. The summed E-state index contributed by atoms with van der Waals surface area (Å²) in [6.07, 6.45) is 0.657. The lowest BCUT2D eigenvalue weighted by Crippen LogP contribution is -2.14. The zero-order chi connectivity index (χ0) is 19.9. The number of benzene rings is 2. The SMILES string of the molecule is Cn1c(Cc2ccccc2)nnc1SCC(=O)Nc1ccc(OC(F)F)cc1. The van der Waals surface area contributed by atoms with Gasteiger partial charge < -0.3 is 14.6 Å². The van der Waals surface area contributed by atoms with Gasteiger partial charge in [-0.05, 0) is 29.8 Å². The van der Waals surface area contributed by atoms with E-state index < -0.39 is 6.61 Å². The van der Waals surface area contributed by atoms with Gasteiger partial charge in [-0.25, -0.2) is 0 Å². The van der Waals surface area contributed by atoms with Gasteiger partial charge in [0.25, 0.3) is 0 Å². The summed E-state index contributed by atoms with van der Waals surface area (Å²) < 4.78 is 30.4. The number of alkyl halides is 2. The van der Waals surface area contributed by atoms with Crippen LogP contribution in [0, 0.1) is 0 Å². The number of aromatic nitrogens is 3. The van der Waals surface area contributed by atoms with Crippen molar-refractivity contribution in [3.8, 4) is 5.75 Å². The van der Waals surface area contributed by atoms with Gasteiger partial charge in [0.1, 0.15) is 11.6 Å². The number of amides is 1. The number of rotatable bonds is 8. The van der Waals surface area contributed by atoms with Crippen molar-refractivity contribution < 1.29 is 18.3 Å². The predicted octanol–water partition coefficient (Wildman–Crippen LogP) is 3.74. The molecule has 0 spiro atoms. The Morgan fingerprint density at radius 3 is 2.54 bits per heavy atom. The minimum atomic E-state index is -2.88. The largest absolute Gasteiger partial charge is 0.435 e. The Balaban J connectivity index is 1.52. The van der Waals surface area contributed by atoms with E-state index in [1.165, 1.54) is 36.0 Å². The van der Waals surface area contributed by atoms with E-state index in [9.17, 15) is 13.6 Å². The number of nitrogens with one attached hydrogen (secondary N) is 1. The van der Waals surface area contributed by atoms with Gasteiger partial charge in [-0.1, -0.05) is 42.1 Å². The van der Waals surface area contributed by atoms with E-state index in [4.69, 9.17) is 0 Å². The van der Waals surface area contributed by atoms with Crippen molar-refractivity contribution in [2.45, 2.75) is 18.2 Å². The van der Waals surface area contributed by atoms with Crippen LogP contribution in [0.15, 0.2) is 59.8 Å². The zero-order valence-corrected chi connectivity index (χ0v) is 15.8. The average Bonchev–Trinajstić information content (AvgIpc) is 3.02. The number of thioether (sulfide) groups is 1. The standard InChI is InChI=1S/C19H18F2N4O2S/c1-25-16(11-13-5-3-2-4-6-13)23-24-19(25)28-12-17(26)22-14-7-9-15(10-8-14)27-18(20)21/h2-10,18H,11-12H2,1H3,(H,22,26). The minimum Gasteiger partial charge on any atom is -0.435 e. The third-order valence-electron chi connectivity index (χ3n) is 3.83. The molecule has 0 aliphatic carbocycles. The highest BCUT2D eigenvalue weighted by molar-refractivity contribution is 7.99. The maximum absolute atomic E-state index is 12.1. The highest BCUT2D eigenvalue weighted by atomic mass is 32.2. The molecule has 3 aromatic rings. The number of carbonyl (C=O) groups is 1. The van der Waals surface area contributed by atoms with Crippen LogP contribution in [0.2, 0.25) is 0 Å². The summed E-state index contributed by atoms with van der Waals surface area (Å²) in [5.41, 5.74) is 1.63. The molecule has 1 aromatic heterocycles. The topological polar surface area (TPSA) is 69.0 Å². The Bertz CT molecular complexity index is 917. The van der Waals surface area contributed by atoms with E-state index in [0.717, 1.165) is 11.4 Å². The molecule has 0 atom stereocenters. The van der Waals surface area contributed by atoms with Crippen molar-refractivity contribution in [1.29, 1.82) is 0 Å². The maximum atomic E-state index is 12.1. The van der Waals surface area contributed by atoms with Gasteiger partial charge in [0.2, 0.25) is 5.91 Å². The normalized spacial score (nSPS) is 10.9. The third-order valence-corrected chi connectivity index (χ3v) is 4.85. The molecule has 1 N–H and O–H groups in total. The molecule has 1 amide bonds. The fraction of sp³-hybridized carbons (Fsp3) is 0.211. The van der Waals surface area contributed by atoms with Gasteiger partial charge in [-0.3, -0.25) is 4.79 Å². The average molecular weight is 404 g/mol. The van der Waals surface area contributed by atoms with Crippen molar-refractivity contribution in [3.63, 3.8) is 0 Å². The molecule has 0 bridgehead atoms. The van der Waals surface area contributed by atoms with Gasteiger partial charge in [-0.15, -0.1) is 10.2 Å². The summed E-state index contributed by atoms with van der Waals surface area (Å²) in [6.45, 7) is -2.88. The van der Waals surface area contributed by atoms with Crippen LogP contribution in [0.1, 0.15) is 11.4 Å². The van der Waals surface area contributed by atoms with Gasteiger partial charge in [0.15, 0.2) is 5.16 Å². The maximum Gasteiger partial charge on any atom is 0.387 e. The second kappa shape index (κ2) is 9.32. The fourth-order valence-electron chi connectivity index (χ4n) is 2.45. The molecular weight excluding hydrogens is 386 g/mol. The molecule has 0 saturated carbocycles. The molecule has 1 heterocycles. The smallest absolute Gasteiger partial charge is 0.387 e. The number of hydrogen-bond acceptors (Lipinski definition) is 5. The van der Waals surface area contributed by atoms with Crippen LogP contribution in [0.4, 0.5) is 14.5 Å². The Kier molecular flexibility index (Phi) is 6.59. The first kappa shape index (κ1) is 19.8. The lowest BCUT2D eigenvalue weighted by atomic mass is 10.1. The second-order valence-electron chi connectivity index (χ2n) is 5.86. The van der Waals surface area contributed by atoms with E-state index in [-0.39, 0.29) is 17.4 Å². The van der Waals surface area contributed by atoms with E-state index in [2.05, 4.69) is 20.3 Å². The second-order valence-corrected chi connectivity index (χ2v) is 6.80. The summed E-state index contributed by atoms with van der Waals surface area (Å²) in [6, 6.07) is 15.7. The molecule has 0 aliphatic rings. The van der Waals surface area contributed by atoms with Crippen LogP contribution in [0.3, 0.4) is 0 Å². The quantitative estimate of drug-likeness (QED) is 0.580. The molecule has 0 fully saturated rings. The fourth-order valence-corrected chi connectivity index (χ4v) is 3.18. The summed E-state index contributed by atoms with van der Waals surface area (Å²) in [5.74, 6) is 0.753. The number of anilines is 1. The molecular formula is C19H18F2N4O2S. The first-order chi connectivity index (χ1) is 13.5. The zero-order valence-electron chi connectivity index (χ0n) is 15.0. The first-order valence-corrected chi connectivity index (χ1v) is 9.39. The van der Waals surface area contributed by atoms with Gasteiger partial charge in [0, 0.05) is 19.2 Å². The number of halogens is 2. The van der Waals surface area contributed by atoms with Crippen LogP contribution in [0.5, 0.6) is 5.75 Å². The summed E-state index contributed by atoms with van der Waals surface area (Å²) in [4.78, 5) is 12.1. The summed E-state index contributed by atoms with van der Waals surface area (Å²) in [7, 11) is 1.86. The Labute approximate surface area is 164 Å². The third kappa shape index (κ3) is 5.53. The number of nitrogens with zero attached hydrogens (tertiary/aromatic N) is 3. The van der Waals surface area contributed by atoms with Crippen molar-refractivity contribution >= 4 is 23.4 Å². The number of carbonyl (C=O) groups excluding carboxylic acids is 1. The number of ether oxygens (including phenoxy) is 1. The van der Waals surface area contributed by atoms with Crippen LogP contribution in [-0.2, 0) is 18.3 Å². The van der Waals surface area contributed by atoms with Crippen molar-refractivity contribution in [1.82, 2.24) is 14.8 Å². The first-order valence-electron chi connectivity index (χ1n) is 8.41. The van der Waals surface area contributed by atoms with Crippen LogP contribution in [0.25, 0.3) is 0 Å². The van der Waals surface area contributed by atoms with Gasteiger partial charge in [-0.2, -0.15) is 8.78 Å². The highest BCUT2D eigenvalue weighted by Gasteiger charge is 2.12. The van der Waals surface area contributed by atoms with Crippen molar-refractivity contribution in [2.75, 3.05) is 11.1 Å². The lowest BCUT2D eigenvalue weighted by Gasteiger charge is -2.07. The molecule has 6 nitrogen and oxygen atoms in total. The van der Waals surface area contributed by atoms with Crippen LogP contribution >= 0.6 is 11.8 Å². The van der Waals surface area contributed by atoms with E-state index in [1.807, 2.05) is 41.9 Å². The molecule has 28 heavy (non-hydrogen) atoms. The van der Waals surface area contributed by atoms with E-state index in [1.54, 1.807) is 0 Å². The monoisotopic (exact) mass is 404 g/mol. The molecule has 3 rings (SSSR count). The van der Waals surface area contributed by atoms with Crippen LogP contribution in [-0.4, -0.2) is 33.0 Å². The van der Waals surface area contributed by atoms with Crippen molar-refractivity contribution in [3.05, 3.63) is 66.0 Å². The Morgan fingerprint density at radius 2 is 1.86 bits per heavy atom. The Morgan fingerprint density at radius 1 is 1.14 bits per heavy atom. The molecule has 146 valence electrons. The molecule has 0 radical (unpaired) electrons. The summed E-state index contributed by atoms with van der Waals surface area (Å²) >= 11 is 1.27. The van der Waals surface area contributed by atoms with E-state index in [0.29, 0.717) is 17.3 Å². The van der Waals surface area contributed by atoms with Crippen LogP contribution < -0.4 is 10.1 Å². The minimum absolute atomic E-state index is 0.0346. The molecule has 2 aromatic carbocycles. The highest BCUT2D eigenvalue weighted by Crippen LogP contribution is 2.20. The van der Waals surface area contributed by atoms with E-state index >= 15 is 0 Å². The lowest BCUT2D eigenvalue weighted by molar-refractivity contribution is -0.113. The van der Waals surface area contributed by atoms with Crippen molar-refractivity contribution in [2.24, 2.45) is 7.05 Å². The summed E-state index contributed by atoms with van der Waals surface area (Å²) in [5, 5.41) is 11.7. The molecule has 0 unspecified atom stereocenters. The molecule has 0 aliphatic heterocycles. The van der Waals surface area contributed by atoms with Gasteiger partial charge in [0.05, 0.1) is 5.75 Å². The predicted molar refractivity (Wildman–Crippen MR) is 103 cm³/mol. The van der Waals surface area contributed by atoms with Gasteiger partial charge >= 0.3 is 6.61 Å². The molecule has 0 saturated heterocycles. The number of hydrogen-bond donors (Lipinski definition) is 1. The Hall–Kier alpha value is -2.94.